The van der Waals surface area contributed by atoms with Crippen molar-refractivity contribution < 1.29 is 4.74 Å². The summed E-state index contributed by atoms with van der Waals surface area (Å²) in [5, 5.41) is 0. The van der Waals surface area contributed by atoms with Gasteiger partial charge in [-0.1, -0.05) is 36.4 Å². The lowest BCUT2D eigenvalue weighted by Crippen LogP contribution is -2.22. The number of anilines is 1. The largest absolute Gasteiger partial charge is 0.497 e. The van der Waals surface area contributed by atoms with Gasteiger partial charge in [-0.3, -0.25) is 0 Å². The van der Waals surface area contributed by atoms with E-state index in [-0.39, 0.29) is 0 Å². The summed E-state index contributed by atoms with van der Waals surface area (Å²) in [6, 6.07) is 16.8. The first-order valence-corrected chi connectivity index (χ1v) is 6.68. The zero-order valence-corrected chi connectivity index (χ0v) is 11.9. The predicted molar refractivity (Wildman–Crippen MR) is 80.9 cm³/mol. The van der Waals surface area contributed by atoms with Gasteiger partial charge in [0.15, 0.2) is 0 Å². The van der Waals surface area contributed by atoms with E-state index in [2.05, 4.69) is 61.2 Å². The Labute approximate surface area is 115 Å². The van der Waals surface area contributed by atoms with Crippen LogP contribution in [0, 0.1) is 6.92 Å². The lowest BCUT2D eigenvalue weighted by Gasteiger charge is -2.25. The maximum absolute atomic E-state index is 5.33. The van der Waals surface area contributed by atoms with Crippen molar-refractivity contribution in [2.75, 3.05) is 18.6 Å². The Morgan fingerprint density at radius 2 is 1.79 bits per heavy atom. The van der Waals surface area contributed by atoms with Crippen LogP contribution in [0.3, 0.4) is 0 Å². The first kappa shape index (κ1) is 13.5. The third-order valence-corrected chi connectivity index (χ3v) is 3.35. The highest BCUT2D eigenvalue weighted by Crippen LogP contribution is 2.26. The molecule has 2 heteroatoms. The molecular weight excluding hydrogens is 234 g/mol. The van der Waals surface area contributed by atoms with E-state index in [1.165, 1.54) is 16.8 Å². The molecule has 0 aliphatic rings. The summed E-state index contributed by atoms with van der Waals surface area (Å²) in [5.41, 5.74) is 3.84. The van der Waals surface area contributed by atoms with Gasteiger partial charge in [0, 0.05) is 24.8 Å². The second-order valence-corrected chi connectivity index (χ2v) is 4.65. The van der Waals surface area contributed by atoms with Gasteiger partial charge in [-0.2, -0.15) is 0 Å². The second kappa shape index (κ2) is 6.28. The number of benzene rings is 2. The summed E-state index contributed by atoms with van der Waals surface area (Å²) < 4.78 is 5.33. The van der Waals surface area contributed by atoms with Crippen LogP contribution >= 0.6 is 0 Å². The molecule has 0 saturated heterocycles. The summed E-state index contributed by atoms with van der Waals surface area (Å²) in [6.07, 6.45) is 0. The van der Waals surface area contributed by atoms with Crippen molar-refractivity contribution in [3.63, 3.8) is 0 Å². The van der Waals surface area contributed by atoms with Crippen LogP contribution in [0.1, 0.15) is 18.1 Å². The number of aryl methyl sites for hydroxylation is 1. The quantitative estimate of drug-likeness (QED) is 0.799. The van der Waals surface area contributed by atoms with E-state index in [4.69, 9.17) is 4.74 Å². The molecule has 2 rings (SSSR count). The van der Waals surface area contributed by atoms with Crippen molar-refractivity contribution in [3.8, 4) is 5.75 Å². The molecule has 0 radical (unpaired) electrons. The smallest absolute Gasteiger partial charge is 0.120 e. The molecule has 0 spiro atoms. The van der Waals surface area contributed by atoms with Gasteiger partial charge in [-0.15, -0.1) is 0 Å². The van der Waals surface area contributed by atoms with E-state index in [0.717, 1.165) is 18.8 Å². The number of nitrogens with zero attached hydrogens (tertiary/aromatic N) is 1. The molecule has 0 fully saturated rings. The molecule has 0 saturated carbocycles. The number of methoxy groups -OCH3 is 1. The average Bonchev–Trinajstić information content (AvgIpc) is 2.47. The summed E-state index contributed by atoms with van der Waals surface area (Å²) in [6.45, 7) is 6.22. The van der Waals surface area contributed by atoms with Crippen LogP contribution in [0.2, 0.25) is 0 Å². The minimum Gasteiger partial charge on any atom is -0.497 e. The first-order valence-electron chi connectivity index (χ1n) is 6.68. The maximum atomic E-state index is 5.33. The van der Waals surface area contributed by atoms with E-state index < -0.39 is 0 Å². The van der Waals surface area contributed by atoms with Gasteiger partial charge in [0.25, 0.3) is 0 Å². The van der Waals surface area contributed by atoms with Gasteiger partial charge in [0.05, 0.1) is 7.11 Å². The summed E-state index contributed by atoms with van der Waals surface area (Å²) in [5.74, 6) is 0.909. The highest BCUT2D eigenvalue weighted by atomic mass is 16.5. The Hall–Kier alpha value is -1.96. The van der Waals surface area contributed by atoms with Crippen molar-refractivity contribution in [1.82, 2.24) is 0 Å². The SMILES string of the molecule is CCN(Cc1ccccc1)c1cc(OC)ccc1C. The van der Waals surface area contributed by atoms with Crippen LogP contribution in [-0.2, 0) is 6.54 Å². The predicted octanol–water partition coefficient (Wildman–Crippen LogP) is 4.03. The van der Waals surface area contributed by atoms with Crippen LogP contribution in [0.4, 0.5) is 5.69 Å². The van der Waals surface area contributed by atoms with E-state index in [9.17, 15) is 0 Å². The topological polar surface area (TPSA) is 12.5 Å². The monoisotopic (exact) mass is 255 g/mol. The Bertz CT molecular complexity index is 522. The van der Waals surface area contributed by atoms with E-state index in [0.29, 0.717) is 0 Å². The molecule has 0 aliphatic carbocycles. The molecular formula is C17H21NO. The normalized spacial score (nSPS) is 10.3. The maximum Gasteiger partial charge on any atom is 0.120 e. The Morgan fingerprint density at radius 1 is 1.05 bits per heavy atom. The molecule has 100 valence electrons. The zero-order valence-electron chi connectivity index (χ0n) is 11.9. The number of rotatable bonds is 5. The zero-order chi connectivity index (χ0) is 13.7. The minimum atomic E-state index is 0.909. The van der Waals surface area contributed by atoms with Crippen molar-refractivity contribution in [3.05, 3.63) is 59.7 Å². The molecule has 0 bridgehead atoms. The van der Waals surface area contributed by atoms with Gasteiger partial charge in [0.1, 0.15) is 5.75 Å². The fourth-order valence-corrected chi connectivity index (χ4v) is 2.23. The molecule has 2 nitrogen and oxygen atoms in total. The van der Waals surface area contributed by atoms with Crippen molar-refractivity contribution >= 4 is 5.69 Å². The lowest BCUT2D eigenvalue weighted by molar-refractivity contribution is 0.414. The number of ether oxygens (including phenoxy) is 1. The Balaban J connectivity index is 2.26. The molecule has 0 unspecified atom stereocenters. The van der Waals surface area contributed by atoms with Gasteiger partial charge in [-0.05, 0) is 31.0 Å². The van der Waals surface area contributed by atoms with Gasteiger partial charge in [-0.25, -0.2) is 0 Å². The van der Waals surface area contributed by atoms with Crippen LogP contribution < -0.4 is 9.64 Å². The Morgan fingerprint density at radius 3 is 2.42 bits per heavy atom. The average molecular weight is 255 g/mol. The van der Waals surface area contributed by atoms with E-state index in [1.54, 1.807) is 7.11 Å². The van der Waals surface area contributed by atoms with Crippen LogP contribution in [-0.4, -0.2) is 13.7 Å². The molecule has 0 aromatic heterocycles. The van der Waals surface area contributed by atoms with E-state index in [1.807, 2.05) is 6.07 Å². The van der Waals surface area contributed by atoms with Crippen LogP contribution in [0.25, 0.3) is 0 Å². The fourth-order valence-electron chi connectivity index (χ4n) is 2.23. The summed E-state index contributed by atoms with van der Waals surface area (Å²) >= 11 is 0. The molecule has 0 heterocycles. The third-order valence-electron chi connectivity index (χ3n) is 3.35. The third kappa shape index (κ3) is 3.28. The number of hydrogen-bond acceptors (Lipinski definition) is 2. The van der Waals surface area contributed by atoms with Gasteiger partial charge >= 0.3 is 0 Å². The second-order valence-electron chi connectivity index (χ2n) is 4.65. The van der Waals surface area contributed by atoms with Crippen molar-refractivity contribution in [2.24, 2.45) is 0 Å². The highest BCUT2D eigenvalue weighted by molar-refractivity contribution is 5.57. The van der Waals surface area contributed by atoms with Gasteiger partial charge in [0.2, 0.25) is 0 Å². The minimum absolute atomic E-state index is 0.909. The molecule has 2 aromatic rings. The highest BCUT2D eigenvalue weighted by Gasteiger charge is 2.09. The molecule has 2 aromatic carbocycles. The standard InChI is InChI=1S/C17H21NO/c1-4-18(13-15-8-6-5-7-9-15)17-12-16(19-3)11-10-14(17)2/h5-12H,4,13H2,1-3H3. The summed E-state index contributed by atoms with van der Waals surface area (Å²) in [4.78, 5) is 2.37. The van der Waals surface area contributed by atoms with Crippen LogP contribution in [0.5, 0.6) is 5.75 Å². The first-order chi connectivity index (χ1) is 9.24. The van der Waals surface area contributed by atoms with E-state index >= 15 is 0 Å². The number of hydrogen-bond donors (Lipinski definition) is 0. The van der Waals surface area contributed by atoms with Gasteiger partial charge < -0.3 is 9.64 Å². The van der Waals surface area contributed by atoms with Crippen molar-refractivity contribution in [2.45, 2.75) is 20.4 Å². The fraction of sp³-hybridized carbons (Fsp3) is 0.294. The lowest BCUT2D eigenvalue weighted by atomic mass is 10.1. The summed E-state index contributed by atoms with van der Waals surface area (Å²) in [7, 11) is 1.71. The van der Waals surface area contributed by atoms with Crippen molar-refractivity contribution in [1.29, 1.82) is 0 Å². The van der Waals surface area contributed by atoms with Crippen LogP contribution in [0.15, 0.2) is 48.5 Å². The molecule has 0 atom stereocenters. The molecule has 0 amide bonds. The molecule has 19 heavy (non-hydrogen) atoms. The molecule has 0 N–H and O–H groups in total. The Kier molecular flexibility index (Phi) is 4.45. The molecule has 0 aliphatic heterocycles.